The second kappa shape index (κ2) is 9.22. The van der Waals surface area contributed by atoms with Crippen LogP contribution in [0.25, 0.3) is 11.4 Å². The number of anilines is 1. The number of aromatic nitrogens is 4. The van der Waals surface area contributed by atoms with Gasteiger partial charge in [0.15, 0.2) is 5.82 Å². The van der Waals surface area contributed by atoms with Gasteiger partial charge in [-0.05, 0) is 32.4 Å². The van der Waals surface area contributed by atoms with Crippen LogP contribution in [0.4, 0.5) is 11.5 Å². The van der Waals surface area contributed by atoms with Gasteiger partial charge in [0.1, 0.15) is 5.82 Å². The smallest absolute Gasteiger partial charge is 0.269 e. The number of hydrogen-bond donors (Lipinski definition) is 0. The highest BCUT2D eigenvalue weighted by Crippen LogP contribution is 2.23. The van der Waals surface area contributed by atoms with E-state index in [0.29, 0.717) is 5.82 Å². The zero-order valence-corrected chi connectivity index (χ0v) is 17.9. The van der Waals surface area contributed by atoms with E-state index in [-0.39, 0.29) is 5.69 Å². The summed E-state index contributed by atoms with van der Waals surface area (Å²) in [5.41, 5.74) is 2.97. The van der Waals surface area contributed by atoms with Gasteiger partial charge in [0.25, 0.3) is 5.69 Å². The fourth-order valence-electron chi connectivity index (χ4n) is 3.85. The zero-order valence-electron chi connectivity index (χ0n) is 17.9. The van der Waals surface area contributed by atoms with Crippen molar-refractivity contribution in [1.82, 2.24) is 24.6 Å². The minimum Gasteiger partial charge on any atom is -0.355 e. The Morgan fingerprint density at radius 3 is 2.61 bits per heavy atom. The summed E-state index contributed by atoms with van der Waals surface area (Å²) in [4.78, 5) is 24.6. The van der Waals surface area contributed by atoms with Crippen molar-refractivity contribution in [1.29, 1.82) is 0 Å². The summed E-state index contributed by atoms with van der Waals surface area (Å²) < 4.78 is 1.96. The summed E-state index contributed by atoms with van der Waals surface area (Å²) >= 11 is 0. The number of aryl methyl sites for hydroxylation is 2. The summed E-state index contributed by atoms with van der Waals surface area (Å²) in [6.07, 6.45) is 5.13. The number of benzene rings is 1. The molecule has 1 saturated heterocycles. The third-order valence-corrected chi connectivity index (χ3v) is 5.51. The Labute approximate surface area is 181 Å². The fourth-order valence-corrected chi connectivity index (χ4v) is 3.85. The molecule has 3 heterocycles. The van der Waals surface area contributed by atoms with Gasteiger partial charge in [0.05, 0.1) is 11.1 Å². The molecule has 0 spiro atoms. The number of nitro benzene ring substituents is 1. The molecular formula is C22H27N7O2. The molecule has 0 amide bonds. The van der Waals surface area contributed by atoms with Crippen LogP contribution in [0.2, 0.25) is 0 Å². The average molecular weight is 422 g/mol. The molecule has 31 heavy (non-hydrogen) atoms. The van der Waals surface area contributed by atoms with Gasteiger partial charge in [-0.1, -0.05) is 0 Å². The molecule has 1 aliphatic heterocycles. The molecule has 1 aliphatic rings. The molecule has 3 aromatic rings. The molecule has 0 N–H and O–H groups in total. The van der Waals surface area contributed by atoms with E-state index in [1.165, 1.54) is 17.7 Å². The first-order valence-electron chi connectivity index (χ1n) is 10.6. The monoisotopic (exact) mass is 421 g/mol. The Hall–Kier alpha value is -3.33. The quantitative estimate of drug-likeness (QED) is 0.445. The maximum absolute atomic E-state index is 10.9. The third-order valence-electron chi connectivity index (χ3n) is 5.51. The summed E-state index contributed by atoms with van der Waals surface area (Å²) in [6.45, 7) is 9.65. The van der Waals surface area contributed by atoms with E-state index in [2.05, 4.69) is 33.0 Å². The molecule has 2 aromatic heterocycles. The van der Waals surface area contributed by atoms with Crippen molar-refractivity contribution in [2.24, 2.45) is 0 Å². The van der Waals surface area contributed by atoms with Crippen molar-refractivity contribution in [2.75, 3.05) is 31.1 Å². The second-order valence-corrected chi connectivity index (χ2v) is 7.82. The number of nitrogens with zero attached hydrogens (tertiary/aromatic N) is 7. The van der Waals surface area contributed by atoms with Crippen molar-refractivity contribution < 1.29 is 4.92 Å². The summed E-state index contributed by atoms with van der Waals surface area (Å²) in [5.74, 6) is 1.50. The number of hydrogen-bond acceptors (Lipinski definition) is 7. The minimum absolute atomic E-state index is 0.0636. The normalized spacial score (nSPS) is 15.1. The zero-order chi connectivity index (χ0) is 21.8. The van der Waals surface area contributed by atoms with E-state index in [1.807, 2.05) is 23.9 Å². The van der Waals surface area contributed by atoms with Gasteiger partial charge in [0, 0.05) is 80.5 Å². The SMILES string of the molecule is CCn1cc(CN2CCCN(c3cc(C)nc(-c4ccc([N+](=O)[O-])cc4)n3)CC2)cn1. The van der Waals surface area contributed by atoms with E-state index in [1.54, 1.807) is 12.1 Å². The van der Waals surface area contributed by atoms with Gasteiger partial charge in [0.2, 0.25) is 0 Å². The number of rotatable bonds is 6. The van der Waals surface area contributed by atoms with Crippen molar-refractivity contribution in [3.8, 4) is 11.4 Å². The van der Waals surface area contributed by atoms with Gasteiger partial charge in [-0.2, -0.15) is 5.10 Å². The molecule has 0 bridgehead atoms. The van der Waals surface area contributed by atoms with Crippen LogP contribution in [0.5, 0.6) is 0 Å². The fraction of sp³-hybridized carbons (Fsp3) is 0.409. The van der Waals surface area contributed by atoms with Crippen molar-refractivity contribution >= 4 is 11.5 Å². The summed E-state index contributed by atoms with van der Waals surface area (Å²) in [5, 5.41) is 15.3. The molecule has 0 unspecified atom stereocenters. The molecule has 0 aliphatic carbocycles. The predicted molar refractivity (Wildman–Crippen MR) is 119 cm³/mol. The lowest BCUT2D eigenvalue weighted by Gasteiger charge is -2.23. The van der Waals surface area contributed by atoms with Crippen LogP contribution in [0.1, 0.15) is 24.6 Å². The topological polar surface area (TPSA) is 93.2 Å². The van der Waals surface area contributed by atoms with E-state index in [9.17, 15) is 10.1 Å². The first kappa shape index (κ1) is 20.9. The van der Waals surface area contributed by atoms with E-state index < -0.39 is 4.92 Å². The number of nitro groups is 1. The van der Waals surface area contributed by atoms with Gasteiger partial charge >= 0.3 is 0 Å². The Morgan fingerprint density at radius 2 is 1.90 bits per heavy atom. The lowest BCUT2D eigenvalue weighted by Crippen LogP contribution is -2.31. The van der Waals surface area contributed by atoms with Crippen LogP contribution in [0.3, 0.4) is 0 Å². The molecule has 1 aromatic carbocycles. The van der Waals surface area contributed by atoms with Crippen LogP contribution in [-0.4, -0.2) is 55.8 Å². The third kappa shape index (κ3) is 5.05. The van der Waals surface area contributed by atoms with Crippen LogP contribution in [-0.2, 0) is 13.1 Å². The molecule has 0 atom stereocenters. The molecule has 162 valence electrons. The molecule has 0 saturated carbocycles. The molecule has 9 nitrogen and oxygen atoms in total. The van der Waals surface area contributed by atoms with Crippen molar-refractivity contribution in [2.45, 2.75) is 33.4 Å². The van der Waals surface area contributed by atoms with E-state index in [0.717, 1.165) is 62.8 Å². The Kier molecular flexibility index (Phi) is 6.22. The van der Waals surface area contributed by atoms with Crippen LogP contribution in [0.15, 0.2) is 42.7 Å². The van der Waals surface area contributed by atoms with Crippen molar-refractivity contribution in [3.63, 3.8) is 0 Å². The molecule has 0 radical (unpaired) electrons. The highest BCUT2D eigenvalue weighted by atomic mass is 16.6. The molecule has 4 rings (SSSR count). The minimum atomic E-state index is -0.400. The first-order chi connectivity index (χ1) is 15.0. The van der Waals surface area contributed by atoms with Crippen molar-refractivity contribution in [3.05, 3.63) is 64.1 Å². The van der Waals surface area contributed by atoms with Crippen LogP contribution in [0, 0.1) is 17.0 Å². The van der Waals surface area contributed by atoms with Crippen LogP contribution >= 0.6 is 0 Å². The van der Waals surface area contributed by atoms with E-state index in [4.69, 9.17) is 4.98 Å². The highest BCUT2D eigenvalue weighted by molar-refractivity contribution is 5.60. The molecule has 1 fully saturated rings. The molecule has 9 heteroatoms. The van der Waals surface area contributed by atoms with Gasteiger partial charge in [-0.25, -0.2) is 9.97 Å². The largest absolute Gasteiger partial charge is 0.355 e. The van der Waals surface area contributed by atoms with E-state index >= 15 is 0 Å². The van der Waals surface area contributed by atoms with Gasteiger partial charge in [-0.15, -0.1) is 0 Å². The standard InChI is InChI=1S/C22H27N7O2/c1-3-28-16-18(14-23-28)15-26-9-4-10-27(12-11-26)21-13-17(2)24-22(25-21)19-5-7-20(8-6-19)29(30)31/h5-8,13-14,16H,3-4,9-12,15H2,1-2H3. The van der Waals surface area contributed by atoms with Gasteiger partial charge < -0.3 is 4.90 Å². The second-order valence-electron chi connectivity index (χ2n) is 7.82. The summed E-state index contributed by atoms with van der Waals surface area (Å²) in [6, 6.07) is 8.40. The first-order valence-corrected chi connectivity index (χ1v) is 10.6. The average Bonchev–Trinajstić information content (AvgIpc) is 3.09. The maximum Gasteiger partial charge on any atom is 0.269 e. The maximum atomic E-state index is 10.9. The number of non-ortho nitro benzene ring substituents is 1. The summed E-state index contributed by atoms with van der Waals surface area (Å²) in [7, 11) is 0. The molecular weight excluding hydrogens is 394 g/mol. The Morgan fingerprint density at radius 1 is 1.10 bits per heavy atom. The lowest BCUT2D eigenvalue weighted by molar-refractivity contribution is -0.384. The van der Waals surface area contributed by atoms with Crippen LogP contribution < -0.4 is 4.90 Å². The lowest BCUT2D eigenvalue weighted by atomic mass is 10.2. The Bertz CT molecular complexity index is 1050. The Balaban J connectivity index is 1.47. The highest BCUT2D eigenvalue weighted by Gasteiger charge is 2.18. The van der Waals surface area contributed by atoms with Gasteiger partial charge in [-0.3, -0.25) is 19.7 Å². The predicted octanol–water partition coefficient (Wildman–Crippen LogP) is 3.29.